The van der Waals surface area contributed by atoms with Crippen molar-refractivity contribution < 1.29 is 18.7 Å². The van der Waals surface area contributed by atoms with Crippen LogP contribution in [0.4, 0.5) is 15.0 Å². The predicted molar refractivity (Wildman–Crippen MR) is 126 cm³/mol. The smallest absolute Gasteiger partial charge is 0.410 e. The second-order valence-corrected chi connectivity index (χ2v) is 10.1. The number of anilines is 1. The number of nitrogens with zero attached hydrogens (tertiary/aromatic N) is 3. The molecule has 3 N–H and O–H groups in total. The number of aromatic nitrogens is 2. The highest BCUT2D eigenvalue weighted by molar-refractivity contribution is 7.22. The summed E-state index contributed by atoms with van der Waals surface area (Å²) in [5, 5.41) is 12.3. The number of piperidine rings is 1. The van der Waals surface area contributed by atoms with Gasteiger partial charge in [-0.1, -0.05) is 12.1 Å². The van der Waals surface area contributed by atoms with Gasteiger partial charge in [0.25, 0.3) is 5.91 Å². The van der Waals surface area contributed by atoms with Crippen LogP contribution in [-0.2, 0) is 4.74 Å². The summed E-state index contributed by atoms with van der Waals surface area (Å²) in [4.78, 5) is 26.9. The number of benzene rings is 1. The number of nitrogens with one attached hydrogen (secondary N) is 1. The maximum atomic E-state index is 13.8. The lowest BCUT2D eigenvalue weighted by molar-refractivity contribution is 0.0206. The Morgan fingerprint density at radius 2 is 2.06 bits per heavy atom. The van der Waals surface area contributed by atoms with Gasteiger partial charge in [-0.05, 0) is 57.4 Å². The Kier molecular flexibility index (Phi) is 6.20. The van der Waals surface area contributed by atoms with Crippen LogP contribution in [0.25, 0.3) is 20.5 Å². The summed E-state index contributed by atoms with van der Waals surface area (Å²) < 4.78 is 19.8. The number of halogens is 1. The Hall–Kier alpha value is -3.27. The first-order valence-corrected chi connectivity index (χ1v) is 11.5. The van der Waals surface area contributed by atoms with Crippen molar-refractivity contribution in [2.24, 2.45) is 5.73 Å². The van der Waals surface area contributed by atoms with Crippen LogP contribution in [0.15, 0.2) is 30.3 Å². The molecule has 0 bridgehead atoms. The van der Waals surface area contributed by atoms with Gasteiger partial charge in [0, 0.05) is 29.4 Å². The number of nitrogens with two attached hydrogens (primary N) is 1. The monoisotopic (exact) mass is 471 g/mol. The van der Waals surface area contributed by atoms with Gasteiger partial charge < -0.3 is 20.7 Å². The first-order chi connectivity index (χ1) is 15.6. The summed E-state index contributed by atoms with van der Waals surface area (Å²) in [5.41, 5.74) is 5.71. The fourth-order valence-electron chi connectivity index (χ4n) is 3.77. The molecule has 4 rings (SSSR count). The van der Waals surface area contributed by atoms with E-state index in [-0.39, 0.29) is 23.6 Å². The number of hydrogen-bond acceptors (Lipinski definition) is 7. The molecule has 0 unspecified atom stereocenters. The molecule has 3 heterocycles. The van der Waals surface area contributed by atoms with E-state index in [1.54, 1.807) is 17.0 Å². The molecule has 33 heavy (non-hydrogen) atoms. The number of carbonyl (C=O) groups is 2. The topological polar surface area (TPSA) is 110 Å². The van der Waals surface area contributed by atoms with E-state index in [9.17, 15) is 14.0 Å². The lowest BCUT2D eigenvalue weighted by Gasteiger charge is -2.34. The van der Waals surface area contributed by atoms with E-state index >= 15 is 0 Å². The van der Waals surface area contributed by atoms with Crippen molar-refractivity contribution in [1.82, 2.24) is 15.1 Å². The van der Waals surface area contributed by atoms with Crippen LogP contribution < -0.4 is 11.1 Å². The Balaban J connectivity index is 1.63. The third kappa shape index (κ3) is 5.22. The summed E-state index contributed by atoms with van der Waals surface area (Å²) >= 11 is 1.31. The van der Waals surface area contributed by atoms with Crippen molar-refractivity contribution in [1.29, 1.82) is 0 Å². The minimum absolute atomic E-state index is 0.0688. The Morgan fingerprint density at radius 1 is 1.27 bits per heavy atom. The molecule has 0 saturated carbocycles. The molecular weight excluding hydrogens is 445 g/mol. The quantitative estimate of drug-likeness (QED) is 0.583. The van der Waals surface area contributed by atoms with Gasteiger partial charge in [-0.15, -0.1) is 21.5 Å². The summed E-state index contributed by atoms with van der Waals surface area (Å²) in [6.07, 6.45) is 1.30. The molecule has 2 aromatic heterocycles. The van der Waals surface area contributed by atoms with Gasteiger partial charge in [-0.25, -0.2) is 9.18 Å². The number of carbonyl (C=O) groups excluding carboxylic acids is 2. The van der Waals surface area contributed by atoms with E-state index in [1.807, 2.05) is 26.8 Å². The highest BCUT2D eigenvalue weighted by atomic mass is 32.1. The molecule has 174 valence electrons. The molecule has 1 aliphatic rings. The molecule has 8 nitrogen and oxygen atoms in total. The average Bonchev–Trinajstić information content (AvgIpc) is 3.18. The molecule has 0 radical (unpaired) electrons. The minimum atomic E-state index is -0.680. The number of primary amides is 1. The second-order valence-electron chi connectivity index (χ2n) is 9.04. The number of amides is 2. The second kappa shape index (κ2) is 8.93. The first-order valence-electron chi connectivity index (χ1n) is 10.7. The molecule has 1 aliphatic heterocycles. The van der Waals surface area contributed by atoms with Crippen LogP contribution in [0.5, 0.6) is 0 Å². The number of fused-ring (bicyclic) bond motifs is 1. The average molecular weight is 472 g/mol. The lowest BCUT2D eigenvalue weighted by atomic mass is 10.1. The summed E-state index contributed by atoms with van der Waals surface area (Å²) in [5.74, 6) is -0.537. The molecular formula is C23H26FN5O3S. The highest BCUT2D eigenvalue weighted by Gasteiger charge is 2.28. The molecule has 0 aliphatic carbocycles. The normalized spacial score (nSPS) is 16.6. The molecule has 2 amide bonds. The fraction of sp³-hybridized carbons (Fsp3) is 0.391. The van der Waals surface area contributed by atoms with Crippen molar-refractivity contribution in [2.75, 3.05) is 18.4 Å². The summed E-state index contributed by atoms with van der Waals surface area (Å²) in [7, 11) is 0. The molecule has 1 atom stereocenters. The molecule has 1 fully saturated rings. The highest BCUT2D eigenvalue weighted by Crippen LogP contribution is 2.38. The number of rotatable bonds is 4. The van der Waals surface area contributed by atoms with Crippen LogP contribution >= 0.6 is 11.3 Å². The van der Waals surface area contributed by atoms with Crippen molar-refractivity contribution in [3.8, 4) is 10.4 Å². The first kappa shape index (κ1) is 22.9. The maximum Gasteiger partial charge on any atom is 0.410 e. The zero-order chi connectivity index (χ0) is 23.8. The third-order valence-corrected chi connectivity index (χ3v) is 6.40. The molecule has 1 saturated heterocycles. The van der Waals surface area contributed by atoms with Crippen LogP contribution in [0.2, 0.25) is 0 Å². The lowest BCUT2D eigenvalue weighted by Crippen LogP contribution is -2.47. The third-order valence-electron chi connectivity index (χ3n) is 5.21. The van der Waals surface area contributed by atoms with Gasteiger partial charge in [-0.2, -0.15) is 0 Å². The Morgan fingerprint density at radius 3 is 2.76 bits per heavy atom. The molecule has 1 aromatic carbocycles. The number of likely N-dealkylation sites (tertiary alicyclic amines) is 1. The van der Waals surface area contributed by atoms with E-state index in [1.165, 1.54) is 23.5 Å². The van der Waals surface area contributed by atoms with E-state index < -0.39 is 11.5 Å². The Bertz CT molecular complexity index is 1210. The predicted octanol–water partition coefficient (Wildman–Crippen LogP) is 4.41. The van der Waals surface area contributed by atoms with Gasteiger partial charge in [0.1, 0.15) is 11.4 Å². The van der Waals surface area contributed by atoms with Gasteiger partial charge in [-0.3, -0.25) is 4.79 Å². The van der Waals surface area contributed by atoms with Crippen molar-refractivity contribution in [3.05, 3.63) is 41.8 Å². The van der Waals surface area contributed by atoms with Gasteiger partial charge in [0.15, 0.2) is 11.5 Å². The fourth-order valence-corrected chi connectivity index (χ4v) is 4.92. The summed E-state index contributed by atoms with van der Waals surface area (Å²) in [6, 6.07) is 8.02. The van der Waals surface area contributed by atoms with E-state index in [4.69, 9.17) is 10.5 Å². The standard InChI is InChI=1S/C23H26FN5O3S/c1-23(2,3)32-22(31)29-9-5-8-15(12-29)26-21-16-11-17(13-6-4-7-14(24)10-13)33-19(16)18(20(25)30)27-28-21/h4,6-7,10-11,15H,5,8-9,12H2,1-3H3,(H2,25,30)(H,26,28)/t15-/m0/s1. The molecule has 10 heteroatoms. The summed E-state index contributed by atoms with van der Waals surface area (Å²) in [6.45, 7) is 6.59. The zero-order valence-corrected chi connectivity index (χ0v) is 19.5. The Labute approximate surface area is 194 Å². The van der Waals surface area contributed by atoms with Gasteiger partial charge in [0.2, 0.25) is 0 Å². The number of thiophene rings is 1. The van der Waals surface area contributed by atoms with Gasteiger partial charge >= 0.3 is 6.09 Å². The number of ether oxygens (including phenoxy) is 1. The van der Waals surface area contributed by atoms with E-state index in [0.29, 0.717) is 34.6 Å². The number of hydrogen-bond donors (Lipinski definition) is 2. The van der Waals surface area contributed by atoms with Crippen molar-refractivity contribution >= 4 is 39.2 Å². The van der Waals surface area contributed by atoms with Crippen molar-refractivity contribution in [3.63, 3.8) is 0 Å². The molecule has 3 aromatic rings. The van der Waals surface area contributed by atoms with Gasteiger partial charge in [0.05, 0.1) is 4.70 Å². The maximum absolute atomic E-state index is 13.8. The largest absolute Gasteiger partial charge is 0.444 e. The van der Waals surface area contributed by atoms with Crippen LogP contribution in [0, 0.1) is 5.82 Å². The van der Waals surface area contributed by atoms with Crippen LogP contribution in [0.1, 0.15) is 44.1 Å². The van der Waals surface area contributed by atoms with Crippen LogP contribution in [-0.4, -0.2) is 51.8 Å². The van der Waals surface area contributed by atoms with E-state index in [2.05, 4.69) is 15.5 Å². The SMILES string of the molecule is CC(C)(C)OC(=O)N1CCC[C@H](Nc2nnc(C(N)=O)c3sc(-c4cccc(F)c4)cc23)C1. The van der Waals surface area contributed by atoms with Crippen molar-refractivity contribution in [2.45, 2.75) is 45.3 Å². The molecule has 0 spiro atoms. The van der Waals surface area contributed by atoms with Crippen LogP contribution in [0.3, 0.4) is 0 Å². The van der Waals surface area contributed by atoms with E-state index in [0.717, 1.165) is 17.7 Å². The zero-order valence-electron chi connectivity index (χ0n) is 18.7. The minimum Gasteiger partial charge on any atom is -0.444 e.